The molecule has 0 heterocycles. The van der Waals surface area contributed by atoms with Crippen molar-refractivity contribution in [1.29, 1.82) is 0 Å². The lowest BCUT2D eigenvalue weighted by atomic mass is 9.87. The lowest BCUT2D eigenvalue weighted by Crippen LogP contribution is -2.25. The van der Waals surface area contributed by atoms with E-state index in [1.54, 1.807) is 0 Å². The number of benzene rings is 2. The Labute approximate surface area is 129 Å². The number of hydrogen-bond acceptors (Lipinski definition) is 1. The molecule has 0 aliphatic heterocycles. The zero-order chi connectivity index (χ0) is 15.6. The summed E-state index contributed by atoms with van der Waals surface area (Å²) in [5.41, 5.74) is 5.37. The summed E-state index contributed by atoms with van der Waals surface area (Å²) in [7, 11) is 0. The molecule has 0 unspecified atom stereocenters. The molecule has 0 bridgehead atoms. The van der Waals surface area contributed by atoms with E-state index in [9.17, 15) is 0 Å². The zero-order valence-electron chi connectivity index (χ0n) is 14.1. The molecule has 0 saturated heterocycles. The minimum Gasteiger partial charge on any atom is -0.339 e. The molecule has 0 fully saturated rings. The minimum atomic E-state index is 0.199. The van der Waals surface area contributed by atoms with Crippen molar-refractivity contribution in [1.82, 2.24) is 0 Å². The Balaban J connectivity index is 2.37. The van der Waals surface area contributed by atoms with Crippen LogP contribution in [0.5, 0.6) is 0 Å². The fourth-order valence-electron chi connectivity index (χ4n) is 2.57. The van der Waals surface area contributed by atoms with Crippen LogP contribution in [0.3, 0.4) is 0 Å². The van der Waals surface area contributed by atoms with Gasteiger partial charge in [0.2, 0.25) is 0 Å². The second kappa shape index (κ2) is 5.93. The van der Waals surface area contributed by atoms with Crippen LogP contribution in [0.15, 0.2) is 48.5 Å². The Morgan fingerprint density at radius 2 is 1.19 bits per heavy atom. The van der Waals surface area contributed by atoms with E-state index < -0.39 is 0 Å². The highest BCUT2D eigenvalue weighted by Crippen LogP contribution is 2.30. The first-order valence-corrected chi connectivity index (χ1v) is 7.75. The van der Waals surface area contributed by atoms with Gasteiger partial charge in [-0.25, -0.2) is 0 Å². The Morgan fingerprint density at radius 3 is 1.57 bits per heavy atom. The van der Waals surface area contributed by atoms with Gasteiger partial charge in [-0.1, -0.05) is 50.6 Å². The first kappa shape index (κ1) is 15.6. The van der Waals surface area contributed by atoms with E-state index in [2.05, 4.69) is 95.0 Å². The lowest BCUT2D eigenvalue weighted by molar-refractivity contribution is 0.590. The highest BCUT2D eigenvalue weighted by Gasteiger charge is 2.16. The van der Waals surface area contributed by atoms with Gasteiger partial charge in [-0.15, -0.1) is 0 Å². The van der Waals surface area contributed by atoms with Crippen molar-refractivity contribution in [2.45, 2.75) is 53.0 Å². The Morgan fingerprint density at radius 1 is 0.762 bits per heavy atom. The van der Waals surface area contributed by atoms with Gasteiger partial charge in [0, 0.05) is 17.4 Å². The predicted molar refractivity (Wildman–Crippen MR) is 93.6 cm³/mol. The third-order valence-corrected chi connectivity index (χ3v) is 3.84. The summed E-state index contributed by atoms with van der Waals surface area (Å²) in [6, 6.07) is 18.1. The van der Waals surface area contributed by atoms with E-state index in [0.717, 1.165) is 0 Å². The van der Waals surface area contributed by atoms with Crippen LogP contribution >= 0.6 is 0 Å². The summed E-state index contributed by atoms with van der Waals surface area (Å²) >= 11 is 0. The third kappa shape index (κ3) is 3.66. The maximum atomic E-state index is 2.38. The quantitative estimate of drug-likeness (QED) is 0.683. The molecule has 0 spiro atoms. The maximum Gasteiger partial charge on any atom is 0.0413 e. The molecule has 2 rings (SSSR count). The average molecular weight is 281 g/mol. The SMILES string of the molecule is Cc1ccc(N(c2ccc(C(C)(C)C)cc2)C(C)C)cc1. The highest BCUT2D eigenvalue weighted by atomic mass is 15.2. The van der Waals surface area contributed by atoms with Gasteiger partial charge in [-0.3, -0.25) is 0 Å². The van der Waals surface area contributed by atoms with Gasteiger partial charge in [0.15, 0.2) is 0 Å². The first-order chi connectivity index (χ1) is 9.79. The Hall–Kier alpha value is -1.76. The van der Waals surface area contributed by atoms with Gasteiger partial charge in [0.1, 0.15) is 0 Å². The summed E-state index contributed by atoms with van der Waals surface area (Å²) in [6.07, 6.45) is 0. The maximum absolute atomic E-state index is 2.38. The van der Waals surface area contributed by atoms with E-state index in [-0.39, 0.29) is 5.41 Å². The lowest BCUT2D eigenvalue weighted by Gasteiger charge is -2.30. The summed E-state index contributed by atoms with van der Waals surface area (Å²) in [4.78, 5) is 2.38. The van der Waals surface area contributed by atoms with E-state index >= 15 is 0 Å². The van der Waals surface area contributed by atoms with Crippen LogP contribution in [0.25, 0.3) is 0 Å². The number of hydrogen-bond donors (Lipinski definition) is 0. The molecule has 0 saturated carbocycles. The van der Waals surface area contributed by atoms with Crippen LogP contribution in [-0.4, -0.2) is 6.04 Å². The van der Waals surface area contributed by atoms with Gasteiger partial charge in [-0.05, 0) is 56.0 Å². The fourth-order valence-corrected chi connectivity index (χ4v) is 2.57. The van der Waals surface area contributed by atoms with E-state index in [1.807, 2.05) is 0 Å². The number of aryl methyl sites for hydroxylation is 1. The van der Waals surface area contributed by atoms with Gasteiger partial charge in [0.25, 0.3) is 0 Å². The molecule has 0 N–H and O–H groups in total. The highest BCUT2D eigenvalue weighted by molar-refractivity contribution is 5.64. The van der Waals surface area contributed by atoms with E-state index in [0.29, 0.717) is 6.04 Å². The summed E-state index contributed by atoms with van der Waals surface area (Å²) in [6.45, 7) is 13.4. The van der Waals surface area contributed by atoms with Crippen molar-refractivity contribution in [3.63, 3.8) is 0 Å². The fraction of sp³-hybridized carbons (Fsp3) is 0.400. The molecular weight excluding hydrogens is 254 g/mol. The largest absolute Gasteiger partial charge is 0.339 e. The van der Waals surface area contributed by atoms with Crippen molar-refractivity contribution in [3.8, 4) is 0 Å². The molecule has 2 aromatic rings. The molecule has 0 aliphatic rings. The van der Waals surface area contributed by atoms with Gasteiger partial charge in [-0.2, -0.15) is 0 Å². The smallest absolute Gasteiger partial charge is 0.0413 e. The molecule has 21 heavy (non-hydrogen) atoms. The van der Waals surface area contributed by atoms with Gasteiger partial charge >= 0.3 is 0 Å². The molecule has 0 aliphatic carbocycles. The topological polar surface area (TPSA) is 3.24 Å². The van der Waals surface area contributed by atoms with Gasteiger partial charge in [0.05, 0.1) is 0 Å². The minimum absolute atomic E-state index is 0.199. The Kier molecular flexibility index (Phi) is 4.41. The van der Waals surface area contributed by atoms with Crippen LogP contribution in [0, 0.1) is 6.92 Å². The van der Waals surface area contributed by atoms with Crippen molar-refractivity contribution in [2.75, 3.05) is 4.90 Å². The Bertz CT molecular complexity index is 571. The van der Waals surface area contributed by atoms with Crippen LogP contribution in [-0.2, 0) is 5.41 Å². The molecule has 0 radical (unpaired) electrons. The van der Waals surface area contributed by atoms with Crippen molar-refractivity contribution < 1.29 is 0 Å². The van der Waals surface area contributed by atoms with Gasteiger partial charge < -0.3 is 4.90 Å². The van der Waals surface area contributed by atoms with Crippen LogP contribution in [0.1, 0.15) is 45.7 Å². The molecular formula is C20H27N. The molecule has 0 amide bonds. The standard InChI is InChI=1S/C20H27N/c1-15(2)21(18-11-7-16(3)8-12-18)19-13-9-17(10-14-19)20(4,5)6/h7-15H,1-6H3. The zero-order valence-corrected chi connectivity index (χ0v) is 14.1. The van der Waals surface area contributed by atoms with E-state index in [4.69, 9.17) is 0 Å². The summed E-state index contributed by atoms with van der Waals surface area (Å²) < 4.78 is 0. The second-order valence-electron chi connectivity index (χ2n) is 7.10. The molecule has 0 aromatic heterocycles. The van der Waals surface area contributed by atoms with Crippen LogP contribution < -0.4 is 4.90 Å². The molecule has 1 heteroatoms. The normalized spacial score (nSPS) is 11.8. The molecule has 112 valence electrons. The molecule has 0 atom stereocenters. The van der Waals surface area contributed by atoms with Crippen LogP contribution in [0.2, 0.25) is 0 Å². The number of nitrogens with zero attached hydrogens (tertiary/aromatic N) is 1. The monoisotopic (exact) mass is 281 g/mol. The van der Waals surface area contributed by atoms with Crippen molar-refractivity contribution in [2.24, 2.45) is 0 Å². The second-order valence-corrected chi connectivity index (χ2v) is 7.10. The van der Waals surface area contributed by atoms with Crippen LogP contribution in [0.4, 0.5) is 11.4 Å². The van der Waals surface area contributed by atoms with E-state index in [1.165, 1.54) is 22.5 Å². The summed E-state index contributed by atoms with van der Waals surface area (Å²) in [5.74, 6) is 0. The van der Waals surface area contributed by atoms with Crippen molar-refractivity contribution >= 4 is 11.4 Å². The number of anilines is 2. The summed E-state index contributed by atoms with van der Waals surface area (Å²) in [5, 5.41) is 0. The predicted octanol–water partition coefficient (Wildman–Crippen LogP) is 5.84. The third-order valence-electron chi connectivity index (χ3n) is 3.84. The molecule has 2 aromatic carbocycles. The first-order valence-electron chi connectivity index (χ1n) is 7.75. The molecule has 1 nitrogen and oxygen atoms in total. The average Bonchev–Trinajstić information content (AvgIpc) is 2.40. The number of rotatable bonds is 3. The van der Waals surface area contributed by atoms with Crippen molar-refractivity contribution in [3.05, 3.63) is 59.7 Å².